The summed E-state index contributed by atoms with van der Waals surface area (Å²) in [5.41, 5.74) is 0. The van der Waals surface area contributed by atoms with Crippen molar-refractivity contribution < 1.29 is 0 Å². The first-order valence-corrected chi connectivity index (χ1v) is 7.25. The molecule has 0 saturated heterocycles. The lowest BCUT2D eigenvalue weighted by Crippen LogP contribution is -2.03. The Morgan fingerprint density at radius 1 is 0.875 bits per heavy atom. The summed E-state index contributed by atoms with van der Waals surface area (Å²) in [5, 5.41) is 0. The van der Waals surface area contributed by atoms with Gasteiger partial charge in [0.2, 0.25) is 0 Å². The SMILES string of the molecule is CCCCCCCC1CC2C=CC=CC2C1. The number of fused-ring (bicyclic) bond motifs is 1. The lowest BCUT2D eigenvalue weighted by Gasteiger charge is -2.13. The van der Waals surface area contributed by atoms with E-state index in [2.05, 4.69) is 31.2 Å². The molecule has 0 aliphatic heterocycles. The van der Waals surface area contributed by atoms with E-state index in [1.54, 1.807) is 0 Å². The predicted octanol–water partition coefficient (Wildman–Crippen LogP) is 5.12. The maximum atomic E-state index is 2.43. The molecule has 2 aliphatic carbocycles. The number of unbranched alkanes of at least 4 members (excludes halogenated alkanes) is 4. The first-order chi connectivity index (χ1) is 7.90. The quantitative estimate of drug-likeness (QED) is 0.543. The number of hydrogen-bond acceptors (Lipinski definition) is 0. The fraction of sp³-hybridized carbons (Fsp3) is 0.750. The van der Waals surface area contributed by atoms with Gasteiger partial charge in [0, 0.05) is 0 Å². The molecule has 2 aliphatic rings. The molecule has 0 spiro atoms. The summed E-state index contributed by atoms with van der Waals surface area (Å²) in [6.45, 7) is 2.29. The van der Waals surface area contributed by atoms with Crippen LogP contribution in [0.2, 0.25) is 0 Å². The molecule has 16 heavy (non-hydrogen) atoms. The summed E-state index contributed by atoms with van der Waals surface area (Å²) in [7, 11) is 0. The van der Waals surface area contributed by atoms with Gasteiger partial charge in [0.15, 0.2) is 0 Å². The zero-order valence-corrected chi connectivity index (χ0v) is 10.7. The average molecular weight is 218 g/mol. The normalized spacial score (nSPS) is 31.9. The standard InChI is InChI=1S/C16H26/c1-2-3-4-5-6-9-14-12-15-10-7-8-11-16(15)13-14/h7-8,10-11,14-16H,2-6,9,12-13H2,1H3. The van der Waals surface area contributed by atoms with Crippen molar-refractivity contribution in [3.05, 3.63) is 24.3 Å². The Labute approximate surface area is 101 Å². The Morgan fingerprint density at radius 2 is 1.50 bits per heavy atom. The minimum Gasteiger partial charge on any atom is -0.0808 e. The van der Waals surface area contributed by atoms with Gasteiger partial charge in [-0.25, -0.2) is 0 Å². The molecule has 0 bridgehead atoms. The van der Waals surface area contributed by atoms with E-state index in [0.29, 0.717) is 0 Å². The highest BCUT2D eigenvalue weighted by atomic mass is 14.4. The van der Waals surface area contributed by atoms with Crippen molar-refractivity contribution in [2.75, 3.05) is 0 Å². The van der Waals surface area contributed by atoms with E-state index in [0.717, 1.165) is 17.8 Å². The maximum Gasteiger partial charge on any atom is -0.0165 e. The Morgan fingerprint density at radius 3 is 2.12 bits per heavy atom. The van der Waals surface area contributed by atoms with Crippen LogP contribution in [0.4, 0.5) is 0 Å². The van der Waals surface area contributed by atoms with Gasteiger partial charge in [-0.2, -0.15) is 0 Å². The largest absolute Gasteiger partial charge is 0.0808 e. The fourth-order valence-corrected chi connectivity index (χ4v) is 3.34. The summed E-state index contributed by atoms with van der Waals surface area (Å²) < 4.78 is 0. The molecule has 0 heteroatoms. The lowest BCUT2D eigenvalue weighted by molar-refractivity contribution is 0.453. The molecule has 0 amide bonds. The van der Waals surface area contributed by atoms with Crippen LogP contribution in [0.1, 0.15) is 58.3 Å². The van der Waals surface area contributed by atoms with Crippen LogP contribution in [0.5, 0.6) is 0 Å². The van der Waals surface area contributed by atoms with Gasteiger partial charge in [0.05, 0.1) is 0 Å². The van der Waals surface area contributed by atoms with Crippen molar-refractivity contribution in [3.8, 4) is 0 Å². The molecule has 0 heterocycles. The molecule has 0 radical (unpaired) electrons. The second kappa shape index (κ2) is 6.27. The minimum absolute atomic E-state index is 0.880. The van der Waals surface area contributed by atoms with Crippen molar-refractivity contribution in [1.29, 1.82) is 0 Å². The van der Waals surface area contributed by atoms with Gasteiger partial charge in [-0.05, 0) is 30.6 Å². The maximum absolute atomic E-state index is 2.43. The number of rotatable bonds is 6. The van der Waals surface area contributed by atoms with E-state index in [4.69, 9.17) is 0 Å². The molecule has 90 valence electrons. The van der Waals surface area contributed by atoms with E-state index in [1.807, 2.05) is 0 Å². The first kappa shape index (κ1) is 12.0. The van der Waals surface area contributed by atoms with Gasteiger partial charge >= 0.3 is 0 Å². The van der Waals surface area contributed by atoms with Gasteiger partial charge < -0.3 is 0 Å². The summed E-state index contributed by atoms with van der Waals surface area (Å²) >= 11 is 0. The van der Waals surface area contributed by atoms with Crippen molar-refractivity contribution in [2.45, 2.75) is 58.3 Å². The third kappa shape index (κ3) is 3.23. The van der Waals surface area contributed by atoms with Gasteiger partial charge in [0.1, 0.15) is 0 Å². The minimum atomic E-state index is 0.880. The molecule has 2 unspecified atom stereocenters. The lowest BCUT2D eigenvalue weighted by atomic mass is 9.92. The van der Waals surface area contributed by atoms with E-state index in [-0.39, 0.29) is 0 Å². The summed E-state index contributed by atoms with van der Waals surface area (Å²) in [6.07, 6.45) is 20.9. The van der Waals surface area contributed by atoms with E-state index in [9.17, 15) is 0 Å². The van der Waals surface area contributed by atoms with E-state index in [1.165, 1.54) is 51.4 Å². The highest BCUT2D eigenvalue weighted by Crippen LogP contribution is 2.41. The van der Waals surface area contributed by atoms with Crippen LogP contribution in [-0.2, 0) is 0 Å². The molecule has 0 aromatic carbocycles. The van der Waals surface area contributed by atoms with Crippen LogP contribution >= 0.6 is 0 Å². The van der Waals surface area contributed by atoms with Crippen LogP contribution in [0.15, 0.2) is 24.3 Å². The first-order valence-electron chi connectivity index (χ1n) is 7.25. The summed E-state index contributed by atoms with van der Waals surface area (Å²) in [6, 6.07) is 0. The van der Waals surface area contributed by atoms with Crippen LogP contribution in [-0.4, -0.2) is 0 Å². The van der Waals surface area contributed by atoms with Gasteiger partial charge in [-0.3, -0.25) is 0 Å². The Bertz CT molecular complexity index is 229. The highest BCUT2D eigenvalue weighted by molar-refractivity contribution is 5.16. The molecule has 0 nitrogen and oxygen atoms in total. The molecular weight excluding hydrogens is 192 g/mol. The van der Waals surface area contributed by atoms with E-state index < -0.39 is 0 Å². The topological polar surface area (TPSA) is 0 Å². The van der Waals surface area contributed by atoms with Gasteiger partial charge in [-0.15, -0.1) is 0 Å². The molecule has 0 N–H and O–H groups in total. The fourth-order valence-electron chi connectivity index (χ4n) is 3.34. The van der Waals surface area contributed by atoms with Crippen LogP contribution in [0.3, 0.4) is 0 Å². The van der Waals surface area contributed by atoms with Crippen molar-refractivity contribution >= 4 is 0 Å². The Balaban J connectivity index is 1.62. The predicted molar refractivity (Wildman–Crippen MR) is 71.4 cm³/mol. The molecule has 0 aromatic heterocycles. The zero-order valence-electron chi connectivity index (χ0n) is 10.7. The molecule has 2 atom stereocenters. The Kier molecular flexibility index (Phi) is 4.69. The molecule has 2 rings (SSSR count). The second-order valence-corrected chi connectivity index (χ2v) is 5.64. The smallest absolute Gasteiger partial charge is 0.0165 e. The highest BCUT2D eigenvalue weighted by Gasteiger charge is 2.31. The molecule has 0 aromatic rings. The summed E-state index contributed by atoms with van der Waals surface area (Å²) in [4.78, 5) is 0. The number of hydrogen-bond donors (Lipinski definition) is 0. The van der Waals surface area contributed by atoms with Crippen molar-refractivity contribution in [3.63, 3.8) is 0 Å². The molecular formula is C16H26. The van der Waals surface area contributed by atoms with Crippen molar-refractivity contribution in [1.82, 2.24) is 0 Å². The zero-order chi connectivity index (χ0) is 11.2. The monoisotopic (exact) mass is 218 g/mol. The van der Waals surface area contributed by atoms with E-state index >= 15 is 0 Å². The molecule has 1 fully saturated rings. The van der Waals surface area contributed by atoms with Crippen LogP contribution in [0, 0.1) is 17.8 Å². The van der Waals surface area contributed by atoms with Crippen molar-refractivity contribution in [2.24, 2.45) is 17.8 Å². The number of allylic oxidation sites excluding steroid dienone is 4. The third-order valence-electron chi connectivity index (χ3n) is 4.30. The van der Waals surface area contributed by atoms with Gasteiger partial charge in [-0.1, -0.05) is 69.8 Å². The summed E-state index contributed by atoms with van der Waals surface area (Å²) in [5.74, 6) is 2.78. The molecule has 1 saturated carbocycles. The Hall–Kier alpha value is -0.520. The third-order valence-corrected chi connectivity index (χ3v) is 4.30. The van der Waals surface area contributed by atoms with Gasteiger partial charge in [0.25, 0.3) is 0 Å². The second-order valence-electron chi connectivity index (χ2n) is 5.64. The van der Waals surface area contributed by atoms with Crippen LogP contribution < -0.4 is 0 Å². The van der Waals surface area contributed by atoms with Crippen LogP contribution in [0.25, 0.3) is 0 Å². The average Bonchev–Trinajstić information content (AvgIpc) is 2.71.